The van der Waals surface area contributed by atoms with Crippen molar-refractivity contribution >= 4 is 5.78 Å². The van der Waals surface area contributed by atoms with Crippen molar-refractivity contribution in [1.29, 1.82) is 0 Å². The van der Waals surface area contributed by atoms with Crippen LogP contribution in [0.2, 0.25) is 0 Å². The number of hydrogen-bond donors (Lipinski definition) is 4. The molecule has 5 aromatic carbocycles. The van der Waals surface area contributed by atoms with Crippen LogP contribution in [0.15, 0.2) is 182 Å². The van der Waals surface area contributed by atoms with Crippen LogP contribution < -0.4 is 5.32 Å². The second-order valence-electron chi connectivity index (χ2n) is 12.4. The molecule has 6 nitrogen and oxygen atoms in total. The number of rotatable bonds is 14. The minimum absolute atomic E-state index is 0. The van der Waals surface area contributed by atoms with Crippen molar-refractivity contribution in [3.8, 4) is 5.75 Å². The predicted octanol–water partition coefficient (Wildman–Crippen LogP) is 7.24. The molecule has 0 bridgehead atoms. The maximum atomic E-state index is 12.8. The number of nitrogens with one attached hydrogen (secondary N) is 1. The van der Waals surface area contributed by atoms with Gasteiger partial charge in [0.15, 0.2) is 5.78 Å². The zero-order chi connectivity index (χ0) is 34.7. The molecule has 0 fully saturated rings. The van der Waals surface area contributed by atoms with Gasteiger partial charge in [-0.25, -0.2) is 0 Å². The van der Waals surface area contributed by atoms with Crippen molar-refractivity contribution in [2.45, 2.75) is 30.2 Å². The molecule has 1 aliphatic carbocycles. The van der Waals surface area contributed by atoms with E-state index >= 15 is 0 Å². The first-order valence-electron chi connectivity index (χ1n) is 16.9. The molecule has 0 saturated carbocycles. The van der Waals surface area contributed by atoms with E-state index in [0.717, 1.165) is 22.3 Å². The van der Waals surface area contributed by atoms with E-state index in [9.17, 15) is 20.1 Å². The molecule has 51 heavy (non-hydrogen) atoms. The molecule has 1 radical (unpaired) electrons. The summed E-state index contributed by atoms with van der Waals surface area (Å²) < 4.78 is 0. The van der Waals surface area contributed by atoms with E-state index < -0.39 is 30.2 Å². The van der Waals surface area contributed by atoms with Gasteiger partial charge >= 0.3 is 0 Å². The Hall–Kier alpha value is -5.02. The maximum absolute atomic E-state index is 12.8. The summed E-state index contributed by atoms with van der Waals surface area (Å²) in [5.41, 5.74) is 4.64. The van der Waals surface area contributed by atoms with E-state index in [0.29, 0.717) is 17.7 Å². The average Bonchev–Trinajstić information content (AvgIpc) is 3.16. The molecule has 0 aliphatic heterocycles. The van der Waals surface area contributed by atoms with Crippen molar-refractivity contribution in [1.82, 2.24) is 10.2 Å². The molecule has 1 aliphatic rings. The number of nitrogens with zero attached hydrogens (tertiary/aromatic N) is 1. The maximum Gasteiger partial charge on any atom is 0.187 e. The minimum atomic E-state index is -1.15. The third-order valence-electron chi connectivity index (χ3n) is 9.24. The van der Waals surface area contributed by atoms with E-state index in [-0.39, 0.29) is 34.9 Å². The number of allylic oxidation sites excluding steroid dienone is 5. The summed E-state index contributed by atoms with van der Waals surface area (Å²) in [6.45, 7) is 0.584. The number of carbonyl (C=O) groups excluding carboxylic acids is 1. The van der Waals surface area contributed by atoms with Gasteiger partial charge in [0, 0.05) is 59.0 Å². The number of para-hydroxylation sites is 1. The molecule has 3 unspecified atom stereocenters. The summed E-state index contributed by atoms with van der Waals surface area (Å²) >= 11 is 0. The van der Waals surface area contributed by atoms with Crippen molar-refractivity contribution in [2.75, 3.05) is 13.1 Å². The van der Waals surface area contributed by atoms with E-state index in [1.807, 2.05) is 144 Å². The van der Waals surface area contributed by atoms with Crippen LogP contribution in [0.4, 0.5) is 0 Å². The summed E-state index contributed by atoms with van der Waals surface area (Å²) in [7, 11) is 0. The summed E-state index contributed by atoms with van der Waals surface area (Å²) in [4.78, 5) is 14.3. The van der Waals surface area contributed by atoms with Crippen LogP contribution in [-0.4, -0.2) is 51.4 Å². The first-order valence-corrected chi connectivity index (χ1v) is 16.9. The van der Waals surface area contributed by atoms with Crippen molar-refractivity contribution in [3.63, 3.8) is 0 Å². The average molecular weight is 722 g/mol. The second-order valence-corrected chi connectivity index (χ2v) is 12.4. The number of ketones is 1. The zero-order valence-corrected chi connectivity index (χ0v) is 29.1. The van der Waals surface area contributed by atoms with Crippen LogP contribution >= 0.6 is 0 Å². The molecule has 0 saturated heterocycles. The largest absolute Gasteiger partial charge is 0.508 e. The number of phenolic OH excluding ortho intramolecular Hbond substituents is 1. The number of benzene rings is 5. The van der Waals surface area contributed by atoms with Gasteiger partial charge in [0.2, 0.25) is 0 Å². The van der Waals surface area contributed by atoms with E-state index in [2.05, 4.69) is 5.32 Å². The normalized spacial score (nSPS) is 15.2. The van der Waals surface area contributed by atoms with Crippen LogP contribution in [0.3, 0.4) is 0 Å². The summed E-state index contributed by atoms with van der Waals surface area (Å²) in [5, 5.41) is 40.3. The van der Waals surface area contributed by atoms with Gasteiger partial charge in [0.25, 0.3) is 0 Å². The van der Waals surface area contributed by atoms with Crippen LogP contribution in [0, 0.1) is 0 Å². The zero-order valence-electron chi connectivity index (χ0n) is 28.1. The quantitative estimate of drug-likeness (QED) is 0.0549. The molecular formula is C44H42CoN2O4. The number of carbonyl (C=O) groups is 1. The Balaban J connectivity index is 0.00000504. The van der Waals surface area contributed by atoms with Gasteiger partial charge in [0.05, 0.1) is 12.1 Å². The molecule has 0 heterocycles. The number of phenols is 1. The van der Waals surface area contributed by atoms with Crippen LogP contribution in [0.1, 0.15) is 45.7 Å². The van der Waals surface area contributed by atoms with Crippen molar-refractivity contribution in [2.24, 2.45) is 0 Å². The predicted molar refractivity (Wildman–Crippen MR) is 198 cm³/mol. The molecular weight excluding hydrogens is 679 g/mol. The number of aromatic hydroxyl groups is 1. The topological polar surface area (TPSA) is 93.0 Å². The number of aliphatic hydroxyl groups excluding tert-OH is 2. The van der Waals surface area contributed by atoms with Crippen LogP contribution in [0.5, 0.6) is 5.75 Å². The Labute approximate surface area is 310 Å². The Morgan fingerprint density at radius 2 is 1.06 bits per heavy atom. The third-order valence-corrected chi connectivity index (χ3v) is 9.24. The van der Waals surface area contributed by atoms with E-state index in [1.54, 1.807) is 30.5 Å². The molecule has 0 amide bonds. The standard InChI is InChI=1S/C44H42N2O4.Co/c47-38-27-15-13-25-36(38)31-45-29-30-46(44(50)41(34-21-9-3-10-22-34)35-23-11-4-12-24-35)42(37-26-14-16-28-39(37)48)43(49)40(32-17-5-1-6-18-32)33-19-7-2-8-20-33;/h1-28,31,40-45,48-50H,29-30H2;. The van der Waals surface area contributed by atoms with E-state index in [4.69, 9.17) is 0 Å². The molecule has 261 valence electrons. The van der Waals surface area contributed by atoms with Gasteiger partial charge in [-0.05, 0) is 40.5 Å². The molecule has 4 N–H and O–H groups in total. The van der Waals surface area contributed by atoms with Crippen molar-refractivity contribution in [3.05, 3.63) is 209 Å². The van der Waals surface area contributed by atoms with Crippen LogP contribution in [-0.2, 0) is 21.6 Å². The molecule has 0 spiro atoms. The number of aliphatic hydroxyl groups is 2. The second kappa shape index (κ2) is 18.3. The van der Waals surface area contributed by atoms with Gasteiger partial charge in [-0.15, -0.1) is 0 Å². The Morgan fingerprint density at radius 3 is 1.55 bits per heavy atom. The van der Waals surface area contributed by atoms with Gasteiger partial charge in [0.1, 0.15) is 12.0 Å². The summed E-state index contributed by atoms with van der Waals surface area (Å²) in [6.07, 6.45) is 6.20. The summed E-state index contributed by atoms with van der Waals surface area (Å²) in [6, 6.07) is 45.5. The fraction of sp³-hybridized carbons (Fsp3) is 0.159. The monoisotopic (exact) mass is 721 g/mol. The van der Waals surface area contributed by atoms with Gasteiger partial charge in [-0.1, -0.05) is 152 Å². The number of hydrogen-bond acceptors (Lipinski definition) is 6. The van der Waals surface area contributed by atoms with Gasteiger partial charge in [-0.3, -0.25) is 9.69 Å². The Morgan fingerprint density at radius 1 is 0.608 bits per heavy atom. The van der Waals surface area contributed by atoms with Crippen molar-refractivity contribution < 1.29 is 36.9 Å². The fourth-order valence-electron chi connectivity index (χ4n) is 6.85. The Bertz CT molecular complexity index is 1840. The Kier molecular flexibility index (Phi) is 13.3. The molecule has 6 rings (SSSR count). The SMILES string of the molecule is O=C1C=CC=CC1=CNCCN(C(O)C(c1ccccc1)c1ccccc1)C(c1ccccc1O)C(O)C(c1ccccc1)c1ccccc1.[Co]. The third kappa shape index (κ3) is 9.02. The molecule has 7 heteroatoms. The fourth-order valence-corrected chi connectivity index (χ4v) is 6.85. The molecule has 5 aromatic rings. The van der Waals surface area contributed by atoms with Gasteiger partial charge < -0.3 is 20.6 Å². The van der Waals surface area contributed by atoms with Gasteiger partial charge in [-0.2, -0.15) is 0 Å². The first kappa shape index (κ1) is 37.2. The molecule has 3 atom stereocenters. The molecule has 0 aromatic heterocycles. The summed E-state index contributed by atoms with van der Waals surface area (Å²) in [5.74, 6) is -1.09. The minimum Gasteiger partial charge on any atom is -0.508 e. The smallest absolute Gasteiger partial charge is 0.187 e. The van der Waals surface area contributed by atoms with E-state index in [1.165, 1.54) is 6.08 Å². The first-order chi connectivity index (χ1) is 24.5. The van der Waals surface area contributed by atoms with Crippen LogP contribution in [0.25, 0.3) is 0 Å².